The molecule has 0 atom stereocenters. The van der Waals surface area contributed by atoms with Crippen molar-refractivity contribution in [2.45, 2.75) is 25.7 Å². The van der Waals surface area contributed by atoms with Crippen LogP contribution in [-0.2, 0) is 0 Å². The smallest absolute Gasteiger partial charge is 0.148 e. The summed E-state index contributed by atoms with van der Waals surface area (Å²) in [6.45, 7) is 1.99. The Morgan fingerprint density at radius 1 is 1.20 bits per heavy atom. The largest absolute Gasteiger partial charge is 0.329 e. The molecule has 5 nitrogen and oxygen atoms in total. The number of para-hydroxylation sites is 1. The lowest BCUT2D eigenvalue weighted by Gasteiger charge is -2.22. The van der Waals surface area contributed by atoms with Crippen molar-refractivity contribution in [2.24, 2.45) is 5.84 Å². The number of nitrogen functional groups attached to an aromatic ring is 1. The van der Waals surface area contributed by atoms with Gasteiger partial charge in [0.15, 0.2) is 0 Å². The van der Waals surface area contributed by atoms with Gasteiger partial charge in [0.25, 0.3) is 0 Å². The highest BCUT2D eigenvalue weighted by molar-refractivity contribution is 5.66. The van der Waals surface area contributed by atoms with Crippen molar-refractivity contribution in [1.29, 1.82) is 0 Å². The van der Waals surface area contributed by atoms with Crippen LogP contribution < -0.4 is 16.2 Å². The third-order valence-corrected chi connectivity index (χ3v) is 3.68. The summed E-state index contributed by atoms with van der Waals surface area (Å²) >= 11 is 0. The van der Waals surface area contributed by atoms with Crippen LogP contribution in [0.15, 0.2) is 30.3 Å². The van der Waals surface area contributed by atoms with Crippen molar-refractivity contribution in [2.75, 3.05) is 17.4 Å². The van der Waals surface area contributed by atoms with Gasteiger partial charge in [-0.25, -0.2) is 15.8 Å². The zero-order chi connectivity index (χ0) is 14.1. The molecule has 1 heterocycles. The Hall–Kier alpha value is -2.14. The minimum Gasteiger partial charge on any atom is -0.329 e. The first kappa shape index (κ1) is 12.9. The summed E-state index contributed by atoms with van der Waals surface area (Å²) in [6, 6.07) is 10.2. The number of nitrogens with zero attached hydrogens (tertiary/aromatic N) is 3. The van der Waals surface area contributed by atoms with Crippen LogP contribution in [-0.4, -0.2) is 17.0 Å². The molecule has 1 fully saturated rings. The fourth-order valence-corrected chi connectivity index (χ4v) is 2.29. The number of nitrogens with two attached hydrogens (primary N) is 1. The predicted octanol–water partition coefficient (Wildman–Crippen LogP) is 2.72. The summed E-state index contributed by atoms with van der Waals surface area (Å²) in [4.78, 5) is 11.3. The molecule has 0 unspecified atom stereocenters. The van der Waals surface area contributed by atoms with E-state index >= 15 is 0 Å². The van der Waals surface area contributed by atoms with Gasteiger partial charge in [0.05, 0.1) is 0 Å². The molecule has 5 heteroatoms. The summed E-state index contributed by atoms with van der Waals surface area (Å²) in [5.74, 6) is 8.58. The molecule has 0 bridgehead atoms. The number of hydrazine groups is 1. The zero-order valence-corrected chi connectivity index (χ0v) is 11.8. The van der Waals surface area contributed by atoms with Crippen molar-refractivity contribution >= 4 is 17.3 Å². The second-order valence-electron chi connectivity index (χ2n) is 5.19. The van der Waals surface area contributed by atoms with Gasteiger partial charge < -0.3 is 10.3 Å². The molecule has 1 aliphatic carbocycles. The third kappa shape index (κ3) is 2.32. The summed E-state index contributed by atoms with van der Waals surface area (Å²) in [6.07, 6.45) is 2.34. The number of rotatable bonds is 4. The maximum atomic E-state index is 5.59. The lowest BCUT2D eigenvalue weighted by Crippen LogP contribution is -2.18. The summed E-state index contributed by atoms with van der Waals surface area (Å²) in [5.41, 5.74) is 4.74. The van der Waals surface area contributed by atoms with Crippen molar-refractivity contribution in [3.63, 3.8) is 0 Å². The van der Waals surface area contributed by atoms with Crippen LogP contribution in [0.5, 0.6) is 0 Å². The second kappa shape index (κ2) is 5.09. The highest BCUT2D eigenvalue weighted by Gasteiger charge is 2.28. The number of hydrogen-bond donors (Lipinski definition) is 2. The van der Waals surface area contributed by atoms with Gasteiger partial charge in [-0.15, -0.1) is 0 Å². The monoisotopic (exact) mass is 269 g/mol. The Morgan fingerprint density at radius 2 is 1.90 bits per heavy atom. The quantitative estimate of drug-likeness (QED) is 0.660. The summed E-state index contributed by atoms with van der Waals surface area (Å²) in [5, 5.41) is 0. The van der Waals surface area contributed by atoms with Crippen LogP contribution in [0.1, 0.15) is 30.1 Å². The number of anilines is 3. The molecule has 1 saturated carbocycles. The van der Waals surface area contributed by atoms with Crippen molar-refractivity contribution < 1.29 is 0 Å². The molecular weight excluding hydrogens is 250 g/mol. The molecule has 0 saturated heterocycles. The lowest BCUT2D eigenvalue weighted by atomic mass is 10.2. The first-order chi connectivity index (χ1) is 9.70. The van der Waals surface area contributed by atoms with Crippen LogP contribution in [0.4, 0.5) is 17.3 Å². The van der Waals surface area contributed by atoms with E-state index in [2.05, 4.69) is 27.4 Å². The topological polar surface area (TPSA) is 67.1 Å². The van der Waals surface area contributed by atoms with E-state index in [0.717, 1.165) is 22.9 Å². The van der Waals surface area contributed by atoms with Crippen molar-refractivity contribution in [3.8, 4) is 0 Å². The minimum atomic E-state index is 0.491. The van der Waals surface area contributed by atoms with E-state index < -0.39 is 0 Å². The third-order valence-electron chi connectivity index (χ3n) is 3.68. The van der Waals surface area contributed by atoms with E-state index in [1.165, 1.54) is 12.8 Å². The van der Waals surface area contributed by atoms with Gasteiger partial charge in [0.2, 0.25) is 0 Å². The first-order valence-corrected chi connectivity index (χ1v) is 6.84. The van der Waals surface area contributed by atoms with Gasteiger partial charge >= 0.3 is 0 Å². The molecule has 0 amide bonds. The zero-order valence-electron chi connectivity index (χ0n) is 11.8. The van der Waals surface area contributed by atoms with E-state index in [-0.39, 0.29) is 0 Å². The fourth-order valence-electron chi connectivity index (χ4n) is 2.29. The van der Waals surface area contributed by atoms with Gasteiger partial charge in [-0.1, -0.05) is 18.2 Å². The van der Waals surface area contributed by atoms with Crippen LogP contribution in [0.2, 0.25) is 0 Å². The second-order valence-corrected chi connectivity index (χ2v) is 5.19. The van der Waals surface area contributed by atoms with Crippen molar-refractivity contribution in [1.82, 2.24) is 9.97 Å². The Morgan fingerprint density at radius 3 is 2.50 bits per heavy atom. The predicted molar refractivity (Wildman–Crippen MR) is 81.1 cm³/mol. The molecule has 0 radical (unpaired) electrons. The Bertz CT molecular complexity index is 607. The van der Waals surface area contributed by atoms with Crippen LogP contribution >= 0.6 is 0 Å². The number of hydrogen-bond acceptors (Lipinski definition) is 5. The highest BCUT2D eigenvalue weighted by Crippen LogP contribution is 2.40. The summed E-state index contributed by atoms with van der Waals surface area (Å²) in [7, 11) is 2.02. The average molecular weight is 269 g/mol. The number of nitrogens with one attached hydrogen (secondary N) is 1. The van der Waals surface area contributed by atoms with Gasteiger partial charge in [-0.05, 0) is 31.9 Å². The van der Waals surface area contributed by atoms with Crippen LogP contribution in [0.3, 0.4) is 0 Å². The first-order valence-electron chi connectivity index (χ1n) is 6.84. The van der Waals surface area contributed by atoms with Gasteiger partial charge in [0, 0.05) is 24.2 Å². The van der Waals surface area contributed by atoms with Gasteiger partial charge in [0.1, 0.15) is 17.5 Å². The highest BCUT2D eigenvalue weighted by atomic mass is 15.3. The Kier molecular flexibility index (Phi) is 3.28. The fraction of sp³-hybridized carbons (Fsp3) is 0.333. The molecule has 0 aliphatic heterocycles. The summed E-state index contributed by atoms with van der Waals surface area (Å²) < 4.78 is 0. The SMILES string of the molecule is Cc1c(NN)nc(C2CC2)nc1N(C)c1ccccc1. The van der Waals surface area contributed by atoms with Crippen LogP contribution in [0, 0.1) is 6.92 Å². The van der Waals surface area contributed by atoms with E-state index in [1.54, 1.807) is 0 Å². The maximum Gasteiger partial charge on any atom is 0.148 e. The van der Waals surface area contributed by atoms with Crippen molar-refractivity contribution in [3.05, 3.63) is 41.7 Å². The van der Waals surface area contributed by atoms with Gasteiger partial charge in [-0.2, -0.15) is 0 Å². The molecule has 1 aliphatic rings. The van der Waals surface area contributed by atoms with Crippen LogP contribution in [0.25, 0.3) is 0 Å². The molecule has 0 spiro atoms. The molecule has 3 N–H and O–H groups in total. The Labute approximate surface area is 118 Å². The molecule has 2 aromatic rings. The minimum absolute atomic E-state index is 0.491. The Balaban J connectivity index is 2.05. The molecule has 20 heavy (non-hydrogen) atoms. The molecule has 1 aromatic heterocycles. The molecule has 3 rings (SSSR count). The maximum absolute atomic E-state index is 5.59. The van der Waals surface area contributed by atoms with E-state index in [4.69, 9.17) is 10.8 Å². The van der Waals surface area contributed by atoms with E-state index in [1.807, 2.05) is 32.2 Å². The van der Waals surface area contributed by atoms with E-state index in [0.29, 0.717) is 11.7 Å². The van der Waals surface area contributed by atoms with Gasteiger partial charge in [-0.3, -0.25) is 0 Å². The molecular formula is C15H19N5. The molecule has 1 aromatic carbocycles. The number of aromatic nitrogens is 2. The standard InChI is InChI=1S/C15H19N5/c1-10-13(19-16)17-14(11-8-9-11)18-15(10)20(2)12-6-4-3-5-7-12/h3-7,11H,8-9,16H2,1-2H3,(H,17,18,19). The molecule has 104 valence electrons. The number of benzene rings is 1. The van der Waals surface area contributed by atoms with E-state index in [9.17, 15) is 0 Å². The normalized spacial score (nSPS) is 14.2. The average Bonchev–Trinajstić information content (AvgIpc) is 3.32. The lowest BCUT2D eigenvalue weighted by molar-refractivity contribution is 0.903.